The minimum Gasteiger partial charge on any atom is -0.358 e. The molecule has 0 spiro atoms. The van der Waals surface area contributed by atoms with Crippen molar-refractivity contribution in [2.45, 2.75) is 32.7 Å². The molecule has 26 heavy (non-hydrogen) atoms. The van der Waals surface area contributed by atoms with Crippen LogP contribution >= 0.6 is 0 Å². The van der Waals surface area contributed by atoms with E-state index in [1.807, 2.05) is 48.5 Å². The van der Waals surface area contributed by atoms with E-state index in [0.29, 0.717) is 12.0 Å². The minimum absolute atomic E-state index is 0.00941. The molecule has 2 N–H and O–H groups in total. The van der Waals surface area contributed by atoms with Crippen LogP contribution in [0.25, 0.3) is 10.9 Å². The Hall–Kier alpha value is -3.06. The molecule has 0 fully saturated rings. The van der Waals surface area contributed by atoms with Crippen molar-refractivity contribution in [3.63, 3.8) is 0 Å². The predicted octanol–water partition coefficient (Wildman–Crippen LogP) is 4.02. The fourth-order valence-electron chi connectivity index (χ4n) is 3.99. The van der Waals surface area contributed by atoms with Crippen LogP contribution < -0.4 is 5.32 Å². The quantitative estimate of drug-likeness (QED) is 0.754. The van der Waals surface area contributed by atoms with E-state index in [2.05, 4.69) is 30.2 Å². The molecule has 0 bridgehead atoms. The SMILES string of the molecule is CC1(C)Cc2ccc(C#N)cc2[C@@H]1NC(=O)Cc1cc2ccccc2[nH]1. The molecule has 1 amide bonds. The molecule has 4 heteroatoms. The van der Waals surface area contributed by atoms with E-state index in [4.69, 9.17) is 0 Å². The second kappa shape index (κ2) is 6.03. The summed E-state index contributed by atoms with van der Waals surface area (Å²) < 4.78 is 0. The molecule has 130 valence electrons. The number of benzene rings is 2. The van der Waals surface area contributed by atoms with Gasteiger partial charge in [0.1, 0.15) is 0 Å². The molecule has 1 aliphatic rings. The third-order valence-electron chi connectivity index (χ3n) is 5.26. The molecule has 0 saturated carbocycles. The Bertz CT molecular complexity index is 1010. The van der Waals surface area contributed by atoms with Crippen molar-refractivity contribution in [1.29, 1.82) is 5.26 Å². The topological polar surface area (TPSA) is 68.7 Å². The first kappa shape index (κ1) is 16.4. The minimum atomic E-state index is -0.0809. The zero-order chi connectivity index (χ0) is 18.3. The number of hydrogen-bond donors (Lipinski definition) is 2. The number of nitrogens with zero attached hydrogens (tertiary/aromatic N) is 1. The van der Waals surface area contributed by atoms with Gasteiger partial charge in [-0.05, 0) is 52.6 Å². The highest BCUT2D eigenvalue weighted by Gasteiger charge is 2.39. The van der Waals surface area contributed by atoms with Crippen molar-refractivity contribution >= 4 is 16.8 Å². The van der Waals surface area contributed by atoms with Crippen molar-refractivity contribution in [2.75, 3.05) is 0 Å². The van der Waals surface area contributed by atoms with Crippen LogP contribution in [0.4, 0.5) is 0 Å². The van der Waals surface area contributed by atoms with Gasteiger partial charge in [-0.2, -0.15) is 5.26 Å². The number of aromatic amines is 1. The zero-order valence-corrected chi connectivity index (χ0v) is 15.0. The number of aromatic nitrogens is 1. The molecule has 0 unspecified atom stereocenters. The van der Waals surface area contributed by atoms with Crippen LogP contribution in [0, 0.1) is 16.7 Å². The number of nitrogens with one attached hydrogen (secondary N) is 2. The highest BCUT2D eigenvalue weighted by Crippen LogP contribution is 2.45. The molecular weight excluding hydrogens is 322 g/mol. The molecule has 2 aromatic carbocycles. The summed E-state index contributed by atoms with van der Waals surface area (Å²) in [6, 6.07) is 17.9. The summed E-state index contributed by atoms with van der Waals surface area (Å²) in [5, 5.41) is 13.5. The lowest BCUT2D eigenvalue weighted by Gasteiger charge is -2.28. The standard InChI is InChI=1S/C22H21N3O/c1-22(2)12-16-8-7-14(13-23)9-18(16)21(22)25-20(26)11-17-10-15-5-3-4-6-19(15)24-17/h3-10,21,24H,11-12H2,1-2H3,(H,25,26)/t21-/m0/s1. The van der Waals surface area contributed by atoms with Gasteiger partial charge < -0.3 is 10.3 Å². The fraction of sp³-hybridized carbons (Fsp3) is 0.273. The zero-order valence-electron chi connectivity index (χ0n) is 15.0. The van der Waals surface area contributed by atoms with Gasteiger partial charge in [0.25, 0.3) is 0 Å². The van der Waals surface area contributed by atoms with Crippen LogP contribution in [0.1, 0.15) is 42.3 Å². The lowest BCUT2D eigenvalue weighted by Crippen LogP contribution is -2.36. The summed E-state index contributed by atoms with van der Waals surface area (Å²) in [7, 11) is 0. The summed E-state index contributed by atoms with van der Waals surface area (Å²) in [5.74, 6) is -0.00941. The van der Waals surface area contributed by atoms with Gasteiger partial charge in [0, 0.05) is 11.2 Å². The highest BCUT2D eigenvalue weighted by atomic mass is 16.1. The smallest absolute Gasteiger partial charge is 0.226 e. The third kappa shape index (κ3) is 2.86. The number of H-pyrrole nitrogens is 1. The monoisotopic (exact) mass is 343 g/mol. The number of fused-ring (bicyclic) bond motifs is 2. The number of nitriles is 1. The Balaban J connectivity index is 1.56. The molecule has 4 nitrogen and oxygen atoms in total. The fourth-order valence-corrected chi connectivity index (χ4v) is 3.99. The van der Waals surface area contributed by atoms with E-state index < -0.39 is 0 Å². The van der Waals surface area contributed by atoms with Crippen molar-refractivity contribution in [2.24, 2.45) is 5.41 Å². The average Bonchev–Trinajstić information content (AvgIpc) is 3.12. The summed E-state index contributed by atoms with van der Waals surface area (Å²) in [5.41, 5.74) is 4.79. The van der Waals surface area contributed by atoms with Crippen molar-refractivity contribution in [3.8, 4) is 6.07 Å². The molecule has 3 aromatic rings. The number of rotatable bonds is 3. The Morgan fingerprint density at radius 2 is 2.08 bits per heavy atom. The summed E-state index contributed by atoms with van der Waals surface area (Å²) in [6.07, 6.45) is 1.21. The summed E-state index contributed by atoms with van der Waals surface area (Å²) >= 11 is 0. The lowest BCUT2D eigenvalue weighted by molar-refractivity contribution is -0.122. The lowest BCUT2D eigenvalue weighted by atomic mass is 9.85. The summed E-state index contributed by atoms with van der Waals surface area (Å²) in [4.78, 5) is 16.0. The second-order valence-corrected chi connectivity index (χ2v) is 7.75. The van der Waals surface area contributed by atoms with Gasteiger partial charge in [-0.1, -0.05) is 38.1 Å². The van der Waals surface area contributed by atoms with Gasteiger partial charge in [0.2, 0.25) is 5.91 Å². The highest BCUT2D eigenvalue weighted by molar-refractivity contribution is 5.84. The van der Waals surface area contributed by atoms with Crippen molar-refractivity contribution < 1.29 is 4.79 Å². The number of carbonyl (C=O) groups is 1. The van der Waals surface area contributed by atoms with Crippen molar-refractivity contribution in [1.82, 2.24) is 10.3 Å². The average molecular weight is 343 g/mol. The van der Waals surface area contributed by atoms with Crippen LogP contribution in [0.3, 0.4) is 0 Å². The molecule has 0 radical (unpaired) electrons. The molecule has 1 atom stereocenters. The first-order chi connectivity index (χ1) is 12.5. The first-order valence-corrected chi connectivity index (χ1v) is 8.85. The van der Waals surface area contributed by atoms with E-state index in [1.54, 1.807) is 0 Å². The maximum atomic E-state index is 12.7. The summed E-state index contributed by atoms with van der Waals surface area (Å²) in [6.45, 7) is 4.32. The number of carbonyl (C=O) groups excluding carboxylic acids is 1. The molecule has 1 aliphatic carbocycles. The third-order valence-corrected chi connectivity index (χ3v) is 5.26. The van der Waals surface area contributed by atoms with Crippen molar-refractivity contribution in [3.05, 3.63) is 70.9 Å². The Kier molecular flexibility index (Phi) is 3.81. The largest absolute Gasteiger partial charge is 0.358 e. The van der Waals surface area contributed by atoms with Gasteiger partial charge in [0.15, 0.2) is 0 Å². The molecule has 1 aromatic heterocycles. The van der Waals surface area contributed by atoms with Gasteiger partial charge in [-0.15, -0.1) is 0 Å². The van der Waals surface area contributed by atoms with Gasteiger partial charge in [-0.3, -0.25) is 4.79 Å². The normalized spacial score (nSPS) is 17.7. The van der Waals surface area contributed by atoms with Crippen LogP contribution in [0.15, 0.2) is 48.5 Å². The van der Waals surface area contributed by atoms with E-state index in [0.717, 1.165) is 28.6 Å². The number of amides is 1. The molecule has 0 saturated heterocycles. The maximum Gasteiger partial charge on any atom is 0.226 e. The van der Waals surface area contributed by atoms with Gasteiger partial charge in [0.05, 0.1) is 24.1 Å². The van der Waals surface area contributed by atoms with E-state index >= 15 is 0 Å². The van der Waals surface area contributed by atoms with Crippen LogP contribution in [0.2, 0.25) is 0 Å². The molecule has 0 aliphatic heterocycles. The Morgan fingerprint density at radius 3 is 2.85 bits per heavy atom. The van der Waals surface area contributed by atoms with Gasteiger partial charge >= 0.3 is 0 Å². The molecule has 1 heterocycles. The predicted molar refractivity (Wildman–Crippen MR) is 102 cm³/mol. The molecule has 4 rings (SSSR count). The van der Waals surface area contributed by atoms with Crippen LogP contribution in [-0.2, 0) is 17.6 Å². The Morgan fingerprint density at radius 1 is 1.27 bits per heavy atom. The number of hydrogen-bond acceptors (Lipinski definition) is 2. The number of para-hydroxylation sites is 1. The maximum absolute atomic E-state index is 12.7. The van der Waals surface area contributed by atoms with E-state index in [1.165, 1.54) is 5.56 Å². The Labute approximate surface area is 152 Å². The van der Waals surface area contributed by atoms with Crippen LogP contribution in [-0.4, -0.2) is 10.9 Å². The van der Waals surface area contributed by atoms with E-state index in [9.17, 15) is 10.1 Å². The van der Waals surface area contributed by atoms with E-state index in [-0.39, 0.29) is 17.4 Å². The van der Waals surface area contributed by atoms with Crippen LogP contribution in [0.5, 0.6) is 0 Å². The first-order valence-electron chi connectivity index (χ1n) is 8.85. The molecular formula is C22H21N3O. The van der Waals surface area contributed by atoms with Gasteiger partial charge in [-0.25, -0.2) is 0 Å². The second-order valence-electron chi connectivity index (χ2n) is 7.75.